The van der Waals surface area contributed by atoms with E-state index < -0.39 is 30.4 Å². The van der Waals surface area contributed by atoms with Gasteiger partial charge >= 0.3 is 30.4 Å². The van der Waals surface area contributed by atoms with E-state index in [1.54, 1.807) is 24.3 Å². The monoisotopic (exact) mass is 696 g/mol. The number of rotatable bonds is 13. The SMILES string of the molecule is COc1cc(-c2ccc(OS(C)(=O)=O)cc2)c(OC)c(OS(C)(=O)=O)c1-c1ccc(OCC=C2CCCCC2)c(OS(C)(=O)=O)c1. The first kappa shape index (κ1) is 34.9. The van der Waals surface area contributed by atoms with Gasteiger partial charge in [0.2, 0.25) is 0 Å². The lowest BCUT2D eigenvalue weighted by Gasteiger charge is -2.21. The van der Waals surface area contributed by atoms with E-state index in [4.69, 9.17) is 26.8 Å². The highest BCUT2D eigenvalue weighted by atomic mass is 32.2. The van der Waals surface area contributed by atoms with Crippen molar-refractivity contribution < 1.29 is 52.0 Å². The minimum Gasteiger partial charge on any atom is -0.496 e. The molecule has 1 saturated carbocycles. The van der Waals surface area contributed by atoms with Crippen LogP contribution >= 0.6 is 0 Å². The van der Waals surface area contributed by atoms with E-state index in [2.05, 4.69) is 0 Å². The van der Waals surface area contributed by atoms with Crippen LogP contribution in [0.5, 0.6) is 34.5 Å². The zero-order chi connectivity index (χ0) is 33.7. The Bertz CT molecular complexity index is 1920. The molecule has 0 N–H and O–H groups in total. The molecule has 1 aliphatic rings. The van der Waals surface area contributed by atoms with E-state index in [-0.39, 0.29) is 52.2 Å². The Balaban J connectivity index is 1.86. The molecular formula is C31H36O12S3. The van der Waals surface area contributed by atoms with Gasteiger partial charge in [-0.2, -0.15) is 25.3 Å². The van der Waals surface area contributed by atoms with Crippen LogP contribution in [0.1, 0.15) is 32.1 Å². The van der Waals surface area contributed by atoms with Crippen molar-refractivity contribution in [3.63, 3.8) is 0 Å². The molecular weight excluding hydrogens is 661 g/mol. The fourth-order valence-electron chi connectivity index (χ4n) is 5.03. The smallest absolute Gasteiger partial charge is 0.306 e. The molecule has 0 saturated heterocycles. The van der Waals surface area contributed by atoms with Gasteiger partial charge in [0.25, 0.3) is 0 Å². The van der Waals surface area contributed by atoms with Gasteiger partial charge in [-0.05, 0) is 73.2 Å². The quantitative estimate of drug-likeness (QED) is 0.168. The molecule has 3 aromatic rings. The van der Waals surface area contributed by atoms with E-state index in [0.29, 0.717) is 11.1 Å². The van der Waals surface area contributed by atoms with Crippen LogP contribution in [0.3, 0.4) is 0 Å². The summed E-state index contributed by atoms with van der Waals surface area (Å²) >= 11 is 0. The number of methoxy groups -OCH3 is 2. The fourth-order valence-corrected chi connectivity index (χ4v) is 6.41. The molecule has 3 aromatic carbocycles. The van der Waals surface area contributed by atoms with E-state index in [0.717, 1.165) is 44.5 Å². The maximum atomic E-state index is 12.5. The summed E-state index contributed by atoms with van der Waals surface area (Å²) in [6, 6.07) is 12.0. The highest BCUT2D eigenvalue weighted by Gasteiger charge is 2.27. The van der Waals surface area contributed by atoms with Gasteiger partial charge in [-0.15, -0.1) is 0 Å². The second-order valence-electron chi connectivity index (χ2n) is 10.6. The van der Waals surface area contributed by atoms with Crippen LogP contribution in [-0.4, -0.2) is 64.8 Å². The number of benzene rings is 3. The summed E-state index contributed by atoms with van der Waals surface area (Å²) in [5, 5.41) is 0. The van der Waals surface area contributed by atoms with Crippen molar-refractivity contribution in [3.05, 3.63) is 60.2 Å². The molecule has 1 fully saturated rings. The van der Waals surface area contributed by atoms with Gasteiger partial charge in [-0.25, -0.2) is 0 Å². The lowest BCUT2D eigenvalue weighted by Crippen LogP contribution is -2.10. The third kappa shape index (κ3) is 9.53. The zero-order valence-electron chi connectivity index (χ0n) is 26.1. The summed E-state index contributed by atoms with van der Waals surface area (Å²) < 4.78 is 105. The third-order valence-electron chi connectivity index (χ3n) is 6.85. The van der Waals surface area contributed by atoms with Gasteiger partial charge in [0.15, 0.2) is 23.0 Å². The van der Waals surface area contributed by atoms with Crippen LogP contribution in [0, 0.1) is 0 Å². The van der Waals surface area contributed by atoms with Gasteiger partial charge in [-0.3, -0.25) is 0 Å². The standard InChI is InChI=1S/C31H36O12S3/c1-38-28-20-25(22-11-14-24(15-12-22)41-44(3,32)33)30(39-2)31(43-46(5,36)37)29(28)23-13-16-26(27(19-23)42-45(4,34)35)40-18-17-21-9-7-6-8-10-21/h11-17,19-20H,6-10,18H2,1-5H3. The Morgan fingerprint density at radius 3 is 1.80 bits per heavy atom. The van der Waals surface area contributed by atoms with Crippen LogP contribution < -0.4 is 26.8 Å². The zero-order valence-corrected chi connectivity index (χ0v) is 28.5. The summed E-state index contributed by atoms with van der Waals surface area (Å²) in [4.78, 5) is 0. The van der Waals surface area contributed by atoms with Gasteiger partial charge in [0.1, 0.15) is 18.1 Å². The third-order valence-corrected chi connectivity index (χ3v) is 8.30. The highest BCUT2D eigenvalue weighted by Crippen LogP contribution is 2.51. The largest absolute Gasteiger partial charge is 0.496 e. The Kier molecular flexibility index (Phi) is 10.8. The van der Waals surface area contributed by atoms with E-state index in [9.17, 15) is 25.3 Å². The summed E-state index contributed by atoms with van der Waals surface area (Å²) in [6.07, 6.45) is 10.1. The maximum absolute atomic E-state index is 12.5. The molecule has 0 bridgehead atoms. The van der Waals surface area contributed by atoms with Gasteiger partial charge in [0.05, 0.1) is 38.6 Å². The Morgan fingerprint density at radius 2 is 1.24 bits per heavy atom. The van der Waals surface area contributed by atoms with Crippen molar-refractivity contribution in [2.24, 2.45) is 0 Å². The summed E-state index contributed by atoms with van der Waals surface area (Å²) in [6.45, 7) is 0.205. The molecule has 12 nitrogen and oxygen atoms in total. The number of allylic oxidation sites excluding steroid dienone is 1. The van der Waals surface area contributed by atoms with Crippen LogP contribution in [0.2, 0.25) is 0 Å². The Labute approximate surface area is 270 Å². The lowest BCUT2D eigenvalue weighted by atomic mass is 9.95. The minimum atomic E-state index is -4.14. The molecule has 0 amide bonds. The summed E-state index contributed by atoms with van der Waals surface area (Å²) in [5.41, 5.74) is 2.51. The number of hydrogen-bond acceptors (Lipinski definition) is 12. The van der Waals surface area contributed by atoms with Crippen molar-refractivity contribution >= 4 is 30.4 Å². The summed E-state index contributed by atoms with van der Waals surface area (Å²) in [5.74, 6) is 0.00843. The Morgan fingerprint density at radius 1 is 0.630 bits per heavy atom. The van der Waals surface area contributed by atoms with Crippen molar-refractivity contribution in [1.82, 2.24) is 0 Å². The second-order valence-corrected chi connectivity index (χ2v) is 15.4. The average Bonchev–Trinajstić information content (AvgIpc) is 2.96. The topological polar surface area (TPSA) is 158 Å². The van der Waals surface area contributed by atoms with Crippen molar-refractivity contribution in [2.75, 3.05) is 39.6 Å². The second kappa shape index (κ2) is 14.2. The minimum absolute atomic E-state index is 0.00280. The van der Waals surface area contributed by atoms with Gasteiger partial charge in [-0.1, -0.05) is 30.2 Å². The first-order valence-electron chi connectivity index (χ1n) is 14.1. The first-order valence-corrected chi connectivity index (χ1v) is 19.5. The normalized spacial score (nSPS) is 13.9. The molecule has 46 heavy (non-hydrogen) atoms. The molecule has 0 radical (unpaired) electrons. The molecule has 4 rings (SSSR count). The van der Waals surface area contributed by atoms with E-state index in [1.807, 2.05) is 6.08 Å². The molecule has 0 aromatic heterocycles. The highest BCUT2D eigenvalue weighted by molar-refractivity contribution is 7.86. The van der Waals surface area contributed by atoms with Crippen LogP contribution in [0.15, 0.2) is 60.2 Å². The average molecular weight is 697 g/mol. The lowest BCUT2D eigenvalue weighted by molar-refractivity contribution is 0.346. The van der Waals surface area contributed by atoms with Gasteiger partial charge in [0, 0.05) is 5.56 Å². The molecule has 1 aliphatic carbocycles. The predicted molar refractivity (Wildman–Crippen MR) is 173 cm³/mol. The predicted octanol–water partition coefficient (Wildman–Crippen LogP) is 5.32. The van der Waals surface area contributed by atoms with E-state index >= 15 is 0 Å². The van der Waals surface area contributed by atoms with Crippen molar-refractivity contribution in [1.29, 1.82) is 0 Å². The van der Waals surface area contributed by atoms with Crippen LogP contribution in [-0.2, 0) is 30.4 Å². The maximum Gasteiger partial charge on any atom is 0.306 e. The number of hydrogen-bond donors (Lipinski definition) is 0. The molecule has 0 heterocycles. The molecule has 0 atom stereocenters. The summed E-state index contributed by atoms with van der Waals surface area (Å²) in [7, 11) is -9.21. The first-order chi connectivity index (χ1) is 21.6. The molecule has 0 spiro atoms. The molecule has 0 unspecified atom stereocenters. The van der Waals surface area contributed by atoms with E-state index in [1.165, 1.54) is 50.5 Å². The molecule has 15 heteroatoms. The Hall–Kier alpha value is -3.95. The molecule has 0 aliphatic heterocycles. The van der Waals surface area contributed by atoms with Crippen molar-refractivity contribution in [2.45, 2.75) is 32.1 Å². The fraction of sp³-hybridized carbons (Fsp3) is 0.355. The number of ether oxygens (including phenoxy) is 3. The van der Waals surface area contributed by atoms with Gasteiger partial charge < -0.3 is 26.8 Å². The van der Waals surface area contributed by atoms with Crippen LogP contribution in [0.25, 0.3) is 22.3 Å². The molecule has 250 valence electrons. The van der Waals surface area contributed by atoms with Crippen molar-refractivity contribution in [3.8, 4) is 56.8 Å². The van der Waals surface area contributed by atoms with Crippen LogP contribution in [0.4, 0.5) is 0 Å².